The van der Waals surface area contributed by atoms with E-state index in [1.165, 1.54) is 0 Å². The summed E-state index contributed by atoms with van der Waals surface area (Å²) in [6.07, 6.45) is 7.80. The van der Waals surface area contributed by atoms with Gasteiger partial charge in [0.25, 0.3) is 0 Å². The Labute approximate surface area is 119 Å². The van der Waals surface area contributed by atoms with Crippen LogP contribution < -0.4 is 5.32 Å². The molecule has 1 rings (SSSR count). The highest BCUT2D eigenvalue weighted by atomic mass is 16.4. The molecule has 0 unspecified atom stereocenters. The van der Waals surface area contributed by atoms with Gasteiger partial charge in [0.15, 0.2) is 0 Å². The average molecular weight is 273 g/mol. The lowest BCUT2D eigenvalue weighted by Gasteiger charge is -2.14. The second kappa shape index (κ2) is 8.76. The monoisotopic (exact) mass is 273 g/mol. The maximum absolute atomic E-state index is 11.7. The fourth-order valence-electron chi connectivity index (χ4n) is 1.83. The predicted molar refractivity (Wildman–Crippen MR) is 77.0 cm³/mol. The van der Waals surface area contributed by atoms with Crippen molar-refractivity contribution < 1.29 is 14.7 Å². The first-order valence-corrected chi connectivity index (χ1v) is 6.63. The number of benzene rings is 1. The van der Waals surface area contributed by atoms with Crippen molar-refractivity contribution in [2.75, 3.05) is 0 Å². The van der Waals surface area contributed by atoms with Crippen LogP contribution in [0.15, 0.2) is 30.3 Å². The van der Waals surface area contributed by atoms with Gasteiger partial charge in [-0.25, -0.2) is 4.79 Å². The number of carbonyl (C=O) groups excluding carboxylic acids is 1. The molecule has 0 spiro atoms. The molecule has 0 fully saturated rings. The quantitative estimate of drug-likeness (QED) is 0.562. The van der Waals surface area contributed by atoms with Crippen LogP contribution in [0.3, 0.4) is 0 Å². The molecular weight excluding hydrogens is 254 g/mol. The van der Waals surface area contributed by atoms with Gasteiger partial charge in [0.2, 0.25) is 5.91 Å². The Morgan fingerprint density at radius 1 is 1.25 bits per heavy atom. The molecule has 0 aromatic heterocycles. The third-order valence-electron chi connectivity index (χ3n) is 2.89. The Hall–Kier alpha value is -2.28. The van der Waals surface area contributed by atoms with E-state index >= 15 is 0 Å². The number of carbonyl (C=O) groups is 2. The molecule has 0 aliphatic rings. The molecule has 4 heteroatoms. The van der Waals surface area contributed by atoms with Crippen molar-refractivity contribution in [3.05, 3.63) is 35.9 Å². The number of hydrogen-bond donors (Lipinski definition) is 2. The van der Waals surface area contributed by atoms with Gasteiger partial charge in [0.1, 0.15) is 6.04 Å². The number of unbranched alkanes of at least 4 members (excludes halogenated alkanes) is 2. The summed E-state index contributed by atoms with van der Waals surface area (Å²) in [6.45, 7) is 0. The zero-order valence-electron chi connectivity index (χ0n) is 11.3. The van der Waals surface area contributed by atoms with Crippen LogP contribution in [0.5, 0.6) is 0 Å². The normalized spacial score (nSPS) is 11.3. The lowest BCUT2D eigenvalue weighted by atomic mass is 10.1. The molecule has 0 saturated heterocycles. The number of terminal acetylenes is 1. The molecule has 1 amide bonds. The number of hydrogen-bond acceptors (Lipinski definition) is 2. The van der Waals surface area contributed by atoms with Crippen LogP contribution in [0.2, 0.25) is 0 Å². The van der Waals surface area contributed by atoms with Gasteiger partial charge < -0.3 is 10.4 Å². The lowest BCUT2D eigenvalue weighted by molar-refractivity contribution is -0.141. The summed E-state index contributed by atoms with van der Waals surface area (Å²) in [5, 5.41) is 11.7. The third-order valence-corrected chi connectivity index (χ3v) is 2.89. The van der Waals surface area contributed by atoms with Crippen molar-refractivity contribution in [3.63, 3.8) is 0 Å². The van der Waals surface area contributed by atoms with Crippen molar-refractivity contribution in [3.8, 4) is 12.3 Å². The Kier molecular flexibility index (Phi) is 6.91. The molecule has 0 saturated carbocycles. The van der Waals surface area contributed by atoms with Gasteiger partial charge in [0, 0.05) is 19.3 Å². The minimum Gasteiger partial charge on any atom is -0.480 e. The number of rotatable bonds is 8. The first-order chi connectivity index (χ1) is 9.63. The van der Waals surface area contributed by atoms with Crippen LogP contribution in [0.4, 0.5) is 0 Å². The molecule has 106 valence electrons. The third kappa shape index (κ3) is 6.05. The number of nitrogens with one attached hydrogen (secondary N) is 1. The fourth-order valence-corrected chi connectivity index (χ4v) is 1.83. The van der Waals surface area contributed by atoms with E-state index in [2.05, 4.69) is 11.2 Å². The maximum Gasteiger partial charge on any atom is 0.326 e. The van der Waals surface area contributed by atoms with Crippen LogP contribution in [-0.2, 0) is 16.0 Å². The molecule has 0 bridgehead atoms. The molecule has 1 aromatic rings. The second-order valence-corrected chi connectivity index (χ2v) is 4.56. The van der Waals surface area contributed by atoms with Gasteiger partial charge in [-0.15, -0.1) is 12.3 Å². The van der Waals surface area contributed by atoms with Crippen LogP contribution in [-0.4, -0.2) is 23.0 Å². The highest BCUT2D eigenvalue weighted by Gasteiger charge is 2.19. The van der Waals surface area contributed by atoms with Crippen LogP contribution in [0.25, 0.3) is 0 Å². The van der Waals surface area contributed by atoms with E-state index in [1.54, 1.807) is 0 Å². The first-order valence-electron chi connectivity index (χ1n) is 6.63. The topological polar surface area (TPSA) is 66.4 Å². The Morgan fingerprint density at radius 3 is 2.55 bits per heavy atom. The Bertz CT molecular complexity index is 476. The minimum atomic E-state index is -1.02. The highest BCUT2D eigenvalue weighted by molar-refractivity contribution is 5.83. The molecule has 1 aromatic carbocycles. The average Bonchev–Trinajstić information content (AvgIpc) is 2.44. The molecule has 0 aliphatic heterocycles. The molecule has 0 aliphatic carbocycles. The van der Waals surface area contributed by atoms with Gasteiger partial charge in [0.05, 0.1) is 0 Å². The van der Waals surface area contributed by atoms with Crippen molar-refractivity contribution in [1.29, 1.82) is 0 Å². The van der Waals surface area contributed by atoms with Crippen LogP contribution >= 0.6 is 0 Å². The maximum atomic E-state index is 11.7. The van der Waals surface area contributed by atoms with E-state index < -0.39 is 12.0 Å². The fraction of sp³-hybridized carbons (Fsp3) is 0.375. The van der Waals surface area contributed by atoms with Crippen molar-refractivity contribution in [2.24, 2.45) is 0 Å². The van der Waals surface area contributed by atoms with Crippen molar-refractivity contribution in [2.45, 2.75) is 38.1 Å². The summed E-state index contributed by atoms with van der Waals surface area (Å²) >= 11 is 0. The van der Waals surface area contributed by atoms with E-state index in [1.807, 2.05) is 30.3 Å². The summed E-state index contributed by atoms with van der Waals surface area (Å²) in [4.78, 5) is 22.9. The van der Waals surface area contributed by atoms with Gasteiger partial charge in [-0.05, 0) is 18.4 Å². The van der Waals surface area contributed by atoms with E-state index in [4.69, 9.17) is 11.5 Å². The first kappa shape index (κ1) is 15.8. The summed E-state index contributed by atoms with van der Waals surface area (Å²) in [5.41, 5.74) is 0.882. The van der Waals surface area contributed by atoms with Crippen LogP contribution in [0.1, 0.15) is 31.2 Å². The summed E-state index contributed by atoms with van der Waals surface area (Å²) in [5.74, 6) is 1.24. The molecule has 20 heavy (non-hydrogen) atoms. The summed E-state index contributed by atoms with van der Waals surface area (Å²) in [6, 6.07) is 8.34. The van der Waals surface area contributed by atoms with Gasteiger partial charge in [-0.1, -0.05) is 30.3 Å². The molecule has 0 radical (unpaired) electrons. The molecule has 1 atom stereocenters. The zero-order valence-corrected chi connectivity index (χ0v) is 11.3. The highest BCUT2D eigenvalue weighted by Crippen LogP contribution is 2.05. The largest absolute Gasteiger partial charge is 0.480 e. The minimum absolute atomic E-state index is 0.245. The summed E-state index contributed by atoms with van der Waals surface area (Å²) in [7, 11) is 0. The van der Waals surface area contributed by atoms with Crippen molar-refractivity contribution >= 4 is 11.9 Å². The molecule has 0 heterocycles. The SMILES string of the molecule is C#CCCCCC(=O)N[C@@H](Cc1ccccc1)C(=O)O. The Morgan fingerprint density at radius 2 is 1.95 bits per heavy atom. The predicted octanol–water partition coefficient (Wildman–Crippen LogP) is 1.99. The van der Waals surface area contributed by atoms with E-state index in [-0.39, 0.29) is 12.3 Å². The zero-order chi connectivity index (χ0) is 14.8. The van der Waals surface area contributed by atoms with Gasteiger partial charge in [-0.2, -0.15) is 0 Å². The van der Waals surface area contributed by atoms with E-state index in [0.29, 0.717) is 19.3 Å². The Balaban J connectivity index is 2.45. The molecule has 2 N–H and O–H groups in total. The van der Waals surface area contributed by atoms with Crippen LogP contribution in [0, 0.1) is 12.3 Å². The smallest absolute Gasteiger partial charge is 0.326 e. The van der Waals surface area contributed by atoms with E-state index in [0.717, 1.165) is 12.0 Å². The van der Waals surface area contributed by atoms with Gasteiger partial charge in [-0.3, -0.25) is 4.79 Å². The van der Waals surface area contributed by atoms with Gasteiger partial charge >= 0.3 is 5.97 Å². The summed E-state index contributed by atoms with van der Waals surface area (Å²) < 4.78 is 0. The number of carboxylic acid groups (broad SMARTS) is 1. The standard InChI is InChI=1S/C16H19NO3/c1-2-3-4-8-11-15(18)17-14(16(19)20)12-13-9-6-5-7-10-13/h1,5-7,9-10,14H,3-4,8,11-12H2,(H,17,18)(H,19,20)/t14-/m0/s1. The van der Waals surface area contributed by atoms with E-state index in [9.17, 15) is 9.59 Å². The molecular formula is C16H19NO3. The molecule has 4 nitrogen and oxygen atoms in total. The number of carboxylic acids is 1. The second-order valence-electron chi connectivity index (χ2n) is 4.56. The number of aliphatic carboxylic acids is 1. The lowest BCUT2D eigenvalue weighted by Crippen LogP contribution is -2.42. The number of amides is 1. The van der Waals surface area contributed by atoms with Crippen molar-refractivity contribution in [1.82, 2.24) is 5.32 Å².